The molecule has 0 radical (unpaired) electrons. The summed E-state index contributed by atoms with van der Waals surface area (Å²) in [5, 5.41) is 8.45. The molecule has 4 nitrogen and oxygen atoms in total. The van der Waals surface area contributed by atoms with Gasteiger partial charge in [-0.05, 0) is 41.5 Å². The summed E-state index contributed by atoms with van der Waals surface area (Å²) in [6, 6.07) is 25.3. The van der Waals surface area contributed by atoms with Crippen LogP contribution in [0, 0.1) is 0 Å². The van der Waals surface area contributed by atoms with E-state index in [4.69, 9.17) is 16.7 Å². The van der Waals surface area contributed by atoms with Crippen molar-refractivity contribution in [1.29, 1.82) is 0 Å². The van der Waals surface area contributed by atoms with Crippen LogP contribution in [0.5, 0.6) is 0 Å². The molecule has 0 spiro atoms. The van der Waals surface area contributed by atoms with Crippen molar-refractivity contribution < 1.29 is 4.79 Å². The molecule has 1 N–H and O–H groups in total. The second-order valence-corrected chi connectivity index (χ2v) is 8.48. The Balaban J connectivity index is 1.45. The van der Waals surface area contributed by atoms with Crippen molar-refractivity contribution in [2.45, 2.75) is 11.5 Å². The van der Waals surface area contributed by atoms with Gasteiger partial charge in [0.2, 0.25) is 0 Å². The smallest absolute Gasteiger partial charge is 0.256 e. The van der Waals surface area contributed by atoms with Crippen molar-refractivity contribution in [1.82, 2.24) is 9.78 Å². The Morgan fingerprint density at radius 3 is 2.47 bits per heavy atom. The topological polar surface area (TPSA) is 46.9 Å². The van der Waals surface area contributed by atoms with Crippen LogP contribution >= 0.6 is 23.4 Å². The van der Waals surface area contributed by atoms with E-state index >= 15 is 0 Å². The molecule has 0 fully saturated rings. The highest BCUT2D eigenvalue weighted by Gasteiger charge is 2.25. The number of fused-ring (bicyclic) bond motifs is 1. The summed E-state index contributed by atoms with van der Waals surface area (Å²) in [7, 11) is 0. The number of hydrogen-bond donors (Lipinski definition) is 1. The summed E-state index contributed by atoms with van der Waals surface area (Å²) in [6.45, 7) is 0. The zero-order valence-corrected chi connectivity index (χ0v) is 17.6. The van der Waals surface area contributed by atoms with E-state index in [0.717, 1.165) is 45.4 Å². The van der Waals surface area contributed by atoms with Gasteiger partial charge < -0.3 is 5.32 Å². The van der Waals surface area contributed by atoms with Crippen LogP contribution in [0.1, 0.15) is 21.6 Å². The molecule has 1 aliphatic heterocycles. The molecule has 0 unspecified atom stereocenters. The highest BCUT2D eigenvalue weighted by Crippen LogP contribution is 2.36. The molecule has 5 rings (SSSR count). The van der Waals surface area contributed by atoms with Crippen molar-refractivity contribution in [2.24, 2.45) is 0 Å². The number of aromatic nitrogens is 2. The molecule has 4 aromatic rings. The van der Waals surface area contributed by atoms with Crippen LogP contribution in [0.25, 0.3) is 16.8 Å². The minimum atomic E-state index is -0.155. The first-order valence-electron chi connectivity index (χ1n) is 9.60. The number of carbonyl (C=O) groups excluding carboxylic acids is 1. The minimum absolute atomic E-state index is 0.155. The Kier molecular flexibility index (Phi) is 5.07. The number of halogens is 1. The van der Waals surface area contributed by atoms with Gasteiger partial charge in [-0.3, -0.25) is 4.79 Å². The molecule has 3 aromatic carbocycles. The number of nitrogens with zero attached hydrogens (tertiary/aromatic N) is 2. The molecule has 1 aliphatic rings. The fourth-order valence-corrected chi connectivity index (χ4v) is 4.78. The predicted molar refractivity (Wildman–Crippen MR) is 123 cm³/mol. The maximum atomic E-state index is 13.0. The summed E-state index contributed by atoms with van der Waals surface area (Å²) in [5.74, 6) is 2.24. The van der Waals surface area contributed by atoms with E-state index in [2.05, 4.69) is 17.4 Å². The average Bonchev–Trinajstić information content (AvgIpc) is 3.37. The lowest BCUT2D eigenvalue weighted by molar-refractivity contribution is 0.102. The number of carbonyl (C=O) groups is 1. The quantitative estimate of drug-likeness (QED) is 0.419. The first-order valence-corrected chi connectivity index (χ1v) is 11.1. The molecule has 1 aromatic heterocycles. The number of rotatable bonds is 4. The molecule has 1 amide bonds. The third-order valence-corrected chi connectivity index (χ3v) is 6.30. The lowest BCUT2D eigenvalue weighted by Gasteiger charge is -2.12. The van der Waals surface area contributed by atoms with Crippen molar-refractivity contribution in [3.63, 3.8) is 0 Å². The van der Waals surface area contributed by atoms with Gasteiger partial charge >= 0.3 is 0 Å². The van der Waals surface area contributed by atoms with E-state index in [0.29, 0.717) is 10.6 Å². The van der Waals surface area contributed by atoms with Crippen molar-refractivity contribution in [2.75, 3.05) is 5.32 Å². The van der Waals surface area contributed by atoms with Gasteiger partial charge in [0.15, 0.2) is 0 Å². The Morgan fingerprint density at radius 2 is 1.70 bits per heavy atom. The summed E-state index contributed by atoms with van der Waals surface area (Å²) in [6.07, 6.45) is 0. The molecular formula is C24H18ClN3OS. The summed E-state index contributed by atoms with van der Waals surface area (Å²) in [5.41, 5.74) is 5.72. The van der Waals surface area contributed by atoms with E-state index in [1.807, 2.05) is 66.7 Å². The largest absolute Gasteiger partial charge is 0.306 e. The van der Waals surface area contributed by atoms with Gasteiger partial charge in [0.05, 0.1) is 11.4 Å². The first-order chi connectivity index (χ1) is 14.7. The first kappa shape index (κ1) is 19.0. The fourth-order valence-electron chi connectivity index (χ4n) is 3.56. The number of thioether (sulfide) groups is 1. The zero-order valence-electron chi connectivity index (χ0n) is 16.0. The number of benzene rings is 3. The van der Waals surface area contributed by atoms with Crippen molar-refractivity contribution in [3.8, 4) is 16.8 Å². The molecule has 0 atom stereocenters. The maximum Gasteiger partial charge on any atom is 0.256 e. The van der Waals surface area contributed by atoms with Gasteiger partial charge in [-0.15, -0.1) is 0 Å². The Labute approximate surface area is 183 Å². The normalized spacial score (nSPS) is 12.6. The van der Waals surface area contributed by atoms with Crippen LogP contribution in [-0.2, 0) is 11.5 Å². The highest BCUT2D eigenvalue weighted by atomic mass is 35.5. The Bertz CT molecular complexity index is 1220. The number of hydrogen-bond acceptors (Lipinski definition) is 3. The molecule has 2 heterocycles. The van der Waals surface area contributed by atoms with Crippen molar-refractivity contribution >= 4 is 35.1 Å². The van der Waals surface area contributed by atoms with Crippen LogP contribution in [0.15, 0.2) is 78.9 Å². The second kappa shape index (κ2) is 8.01. The molecule has 0 saturated heterocycles. The van der Waals surface area contributed by atoms with Crippen LogP contribution < -0.4 is 5.32 Å². The molecule has 0 saturated carbocycles. The molecule has 0 bridgehead atoms. The van der Waals surface area contributed by atoms with Gasteiger partial charge in [0.25, 0.3) is 5.91 Å². The summed E-state index contributed by atoms with van der Waals surface area (Å²) in [4.78, 5) is 13.0. The summed E-state index contributed by atoms with van der Waals surface area (Å²) < 4.78 is 1.78. The van der Waals surface area contributed by atoms with E-state index in [1.54, 1.807) is 16.4 Å². The van der Waals surface area contributed by atoms with Gasteiger partial charge in [0.1, 0.15) is 5.82 Å². The standard InChI is InChI=1S/C24H18ClN3OS/c25-19-7-4-8-20(13-19)28-23(21-14-30-15-22(21)27-28)26-24(29)18-11-9-17(10-12-18)16-5-2-1-3-6-16/h1-13H,14-15H2,(H,26,29). The van der Waals surface area contributed by atoms with Crippen LogP contribution in [0.2, 0.25) is 5.02 Å². The lowest BCUT2D eigenvalue weighted by Crippen LogP contribution is -2.16. The van der Waals surface area contributed by atoms with E-state index in [-0.39, 0.29) is 5.91 Å². The third kappa shape index (κ3) is 3.62. The number of amides is 1. The van der Waals surface area contributed by atoms with Gasteiger partial charge in [0, 0.05) is 27.7 Å². The van der Waals surface area contributed by atoms with E-state index in [9.17, 15) is 4.79 Å². The van der Waals surface area contributed by atoms with Crippen LogP contribution in [-0.4, -0.2) is 15.7 Å². The molecule has 0 aliphatic carbocycles. The molecular weight excluding hydrogens is 414 g/mol. The Morgan fingerprint density at radius 1 is 0.933 bits per heavy atom. The van der Waals surface area contributed by atoms with Crippen LogP contribution in [0.4, 0.5) is 5.82 Å². The third-order valence-electron chi connectivity index (χ3n) is 5.09. The molecule has 6 heteroatoms. The minimum Gasteiger partial charge on any atom is -0.306 e. The summed E-state index contributed by atoms with van der Waals surface area (Å²) >= 11 is 7.98. The Hall–Kier alpha value is -3.02. The number of nitrogens with one attached hydrogen (secondary N) is 1. The lowest BCUT2D eigenvalue weighted by atomic mass is 10.0. The molecule has 148 valence electrons. The monoisotopic (exact) mass is 431 g/mol. The van der Waals surface area contributed by atoms with Gasteiger partial charge in [-0.25, -0.2) is 4.68 Å². The maximum absolute atomic E-state index is 13.0. The fraction of sp³-hybridized carbons (Fsp3) is 0.0833. The van der Waals surface area contributed by atoms with Crippen LogP contribution in [0.3, 0.4) is 0 Å². The highest BCUT2D eigenvalue weighted by molar-refractivity contribution is 7.98. The number of anilines is 1. The SMILES string of the molecule is O=C(Nc1c2c(nn1-c1cccc(Cl)c1)CSC2)c1ccc(-c2ccccc2)cc1. The molecule has 30 heavy (non-hydrogen) atoms. The van der Waals surface area contributed by atoms with Crippen molar-refractivity contribution in [3.05, 3.63) is 101 Å². The van der Waals surface area contributed by atoms with Gasteiger partial charge in [-0.2, -0.15) is 16.9 Å². The zero-order chi connectivity index (χ0) is 20.5. The second-order valence-electron chi connectivity index (χ2n) is 7.06. The van der Waals surface area contributed by atoms with Gasteiger partial charge in [-0.1, -0.05) is 60.1 Å². The predicted octanol–water partition coefficient (Wildman–Crippen LogP) is 6.19. The average molecular weight is 432 g/mol. The van der Waals surface area contributed by atoms with E-state index < -0.39 is 0 Å². The van der Waals surface area contributed by atoms with E-state index in [1.165, 1.54) is 0 Å².